The molecule has 0 aromatic carbocycles. The highest BCUT2D eigenvalue weighted by molar-refractivity contribution is 5.87. The molecular weight excluding hydrogens is 298 g/mol. The molecule has 0 bridgehead atoms. The fourth-order valence-electron chi connectivity index (χ4n) is 3.02. The van der Waals surface area contributed by atoms with Gasteiger partial charge in [-0.3, -0.25) is 9.58 Å². The number of amides is 1. The maximum absolute atomic E-state index is 12.6. The van der Waals surface area contributed by atoms with Crippen LogP contribution >= 0.6 is 0 Å². The summed E-state index contributed by atoms with van der Waals surface area (Å²) < 4.78 is 12.2. The average Bonchev–Trinajstić information content (AvgIpc) is 3.03. The molecule has 0 N–H and O–H groups in total. The maximum atomic E-state index is 12.6. The minimum absolute atomic E-state index is 0.368. The molecule has 1 unspecified atom stereocenters. The molecule has 0 spiro atoms. The van der Waals surface area contributed by atoms with E-state index in [0.717, 1.165) is 12.0 Å². The zero-order valence-electron chi connectivity index (χ0n) is 14.5. The van der Waals surface area contributed by atoms with Crippen LogP contribution < -0.4 is 0 Å². The quantitative estimate of drug-likeness (QED) is 0.794. The molecule has 1 saturated heterocycles. The van der Waals surface area contributed by atoms with Gasteiger partial charge >= 0.3 is 12.1 Å². The van der Waals surface area contributed by atoms with E-state index in [-0.39, 0.29) is 0 Å². The lowest BCUT2D eigenvalue weighted by molar-refractivity contribution is -0.153. The molecule has 1 atom stereocenters. The second-order valence-electron chi connectivity index (χ2n) is 6.96. The molecule has 7 heteroatoms. The summed E-state index contributed by atoms with van der Waals surface area (Å²) in [7, 11) is 3.16. The van der Waals surface area contributed by atoms with Crippen LogP contribution in [0.3, 0.4) is 0 Å². The van der Waals surface area contributed by atoms with E-state index < -0.39 is 23.2 Å². The van der Waals surface area contributed by atoms with Crippen LogP contribution in [0.5, 0.6) is 0 Å². The van der Waals surface area contributed by atoms with Crippen LogP contribution in [0.25, 0.3) is 0 Å². The molecular formula is C16H25N3O4. The van der Waals surface area contributed by atoms with Gasteiger partial charge in [-0.2, -0.15) is 5.10 Å². The molecule has 1 amide bonds. The summed E-state index contributed by atoms with van der Waals surface area (Å²) in [5.41, 5.74) is -0.760. The minimum Gasteiger partial charge on any atom is -0.467 e. The zero-order chi connectivity index (χ0) is 17.3. The van der Waals surface area contributed by atoms with E-state index in [4.69, 9.17) is 9.47 Å². The van der Waals surface area contributed by atoms with Crippen molar-refractivity contribution < 1.29 is 19.1 Å². The molecule has 23 heavy (non-hydrogen) atoms. The molecule has 1 aromatic heterocycles. The SMILES string of the molecule is COC(=O)C1(Cc2cnn(C)c2)CCCN1C(=O)OC(C)(C)C. The number of rotatable bonds is 3. The Labute approximate surface area is 136 Å². The molecule has 2 heterocycles. The maximum Gasteiger partial charge on any atom is 0.411 e. The Morgan fingerprint density at radius 1 is 1.39 bits per heavy atom. The second-order valence-corrected chi connectivity index (χ2v) is 6.96. The molecule has 0 saturated carbocycles. The number of carbonyl (C=O) groups excluding carboxylic acids is 2. The van der Waals surface area contributed by atoms with Crippen molar-refractivity contribution in [3.63, 3.8) is 0 Å². The molecule has 0 radical (unpaired) electrons. The first-order valence-corrected chi connectivity index (χ1v) is 7.74. The van der Waals surface area contributed by atoms with Crippen molar-refractivity contribution in [3.05, 3.63) is 18.0 Å². The predicted octanol–water partition coefficient (Wildman–Crippen LogP) is 1.91. The van der Waals surface area contributed by atoms with Gasteiger partial charge < -0.3 is 9.47 Å². The predicted molar refractivity (Wildman–Crippen MR) is 83.8 cm³/mol. The highest BCUT2D eigenvalue weighted by atomic mass is 16.6. The average molecular weight is 323 g/mol. The summed E-state index contributed by atoms with van der Waals surface area (Å²) in [6, 6.07) is 0. The van der Waals surface area contributed by atoms with Crippen LogP contribution in [0.1, 0.15) is 39.2 Å². The first-order chi connectivity index (χ1) is 10.7. The molecule has 1 aromatic rings. The number of ether oxygens (including phenoxy) is 2. The van der Waals surface area contributed by atoms with Gasteiger partial charge in [0, 0.05) is 26.2 Å². The van der Waals surface area contributed by atoms with Crippen molar-refractivity contribution >= 4 is 12.1 Å². The van der Waals surface area contributed by atoms with Crippen LogP contribution in [0.4, 0.5) is 4.79 Å². The first-order valence-electron chi connectivity index (χ1n) is 7.74. The van der Waals surface area contributed by atoms with Gasteiger partial charge in [-0.15, -0.1) is 0 Å². The van der Waals surface area contributed by atoms with E-state index in [2.05, 4.69) is 5.10 Å². The van der Waals surface area contributed by atoms with Gasteiger partial charge in [0.05, 0.1) is 13.3 Å². The standard InChI is InChI=1S/C16H25N3O4/c1-15(2,3)23-14(21)19-8-6-7-16(19,13(20)22-5)9-12-10-17-18(4)11-12/h10-11H,6-9H2,1-5H3. The fourth-order valence-corrected chi connectivity index (χ4v) is 3.02. The Hall–Kier alpha value is -2.05. The van der Waals surface area contributed by atoms with Crippen molar-refractivity contribution in [2.45, 2.75) is 51.2 Å². The second kappa shape index (κ2) is 6.22. The van der Waals surface area contributed by atoms with Gasteiger partial charge in [-0.1, -0.05) is 0 Å². The van der Waals surface area contributed by atoms with Crippen molar-refractivity contribution in [3.8, 4) is 0 Å². The summed E-state index contributed by atoms with van der Waals surface area (Å²) in [5.74, 6) is -0.412. The third kappa shape index (κ3) is 3.65. The molecule has 1 aliphatic heterocycles. The number of hydrogen-bond donors (Lipinski definition) is 0. The number of carbonyl (C=O) groups is 2. The van der Waals surface area contributed by atoms with E-state index in [9.17, 15) is 9.59 Å². The highest BCUT2D eigenvalue weighted by Gasteiger charge is 2.52. The number of aromatic nitrogens is 2. The lowest BCUT2D eigenvalue weighted by Crippen LogP contribution is -2.56. The third-order valence-electron chi connectivity index (χ3n) is 3.92. The Morgan fingerprint density at radius 3 is 2.61 bits per heavy atom. The molecule has 7 nitrogen and oxygen atoms in total. The Morgan fingerprint density at radius 2 is 2.09 bits per heavy atom. The summed E-state index contributed by atoms with van der Waals surface area (Å²) in [6.45, 7) is 5.90. The third-order valence-corrected chi connectivity index (χ3v) is 3.92. The monoisotopic (exact) mass is 323 g/mol. The van der Waals surface area contributed by atoms with Gasteiger partial charge in [0.25, 0.3) is 0 Å². The summed E-state index contributed by atoms with van der Waals surface area (Å²) >= 11 is 0. The van der Waals surface area contributed by atoms with Crippen LogP contribution in [0, 0.1) is 0 Å². The van der Waals surface area contributed by atoms with Gasteiger partial charge in [0.1, 0.15) is 11.1 Å². The number of methoxy groups -OCH3 is 1. The Kier molecular flexibility index (Phi) is 4.68. The number of aryl methyl sites for hydroxylation is 1. The smallest absolute Gasteiger partial charge is 0.411 e. The summed E-state index contributed by atoms with van der Waals surface area (Å²) in [4.78, 5) is 26.6. The number of nitrogens with zero attached hydrogens (tertiary/aromatic N) is 3. The minimum atomic E-state index is -1.03. The Balaban J connectivity index is 2.32. The fraction of sp³-hybridized carbons (Fsp3) is 0.688. The zero-order valence-corrected chi connectivity index (χ0v) is 14.5. The molecule has 1 aliphatic rings. The normalized spacial score (nSPS) is 21.3. The number of esters is 1. The molecule has 2 rings (SSSR count). The van der Waals surface area contributed by atoms with Crippen molar-refractivity contribution in [2.75, 3.05) is 13.7 Å². The van der Waals surface area contributed by atoms with E-state index >= 15 is 0 Å². The highest BCUT2D eigenvalue weighted by Crippen LogP contribution is 2.35. The Bertz CT molecular complexity index is 590. The van der Waals surface area contributed by atoms with Crippen LogP contribution in [0.2, 0.25) is 0 Å². The van der Waals surface area contributed by atoms with Gasteiger partial charge in [0.2, 0.25) is 0 Å². The lowest BCUT2D eigenvalue weighted by Gasteiger charge is -2.36. The molecule has 1 fully saturated rings. The van der Waals surface area contributed by atoms with Gasteiger partial charge in [-0.25, -0.2) is 9.59 Å². The van der Waals surface area contributed by atoms with Crippen LogP contribution in [-0.2, 0) is 27.7 Å². The first kappa shape index (κ1) is 17.3. The van der Waals surface area contributed by atoms with E-state index in [1.54, 1.807) is 10.9 Å². The van der Waals surface area contributed by atoms with Crippen LogP contribution in [-0.4, -0.2) is 51.5 Å². The van der Waals surface area contributed by atoms with Crippen molar-refractivity contribution in [1.29, 1.82) is 0 Å². The van der Waals surface area contributed by atoms with Gasteiger partial charge in [-0.05, 0) is 39.2 Å². The van der Waals surface area contributed by atoms with E-state index in [1.165, 1.54) is 12.0 Å². The van der Waals surface area contributed by atoms with Gasteiger partial charge in [0.15, 0.2) is 0 Å². The topological polar surface area (TPSA) is 73.7 Å². The van der Waals surface area contributed by atoms with E-state index in [0.29, 0.717) is 19.4 Å². The summed E-state index contributed by atoms with van der Waals surface area (Å²) in [6.07, 6.45) is 4.71. The molecule has 0 aliphatic carbocycles. The number of hydrogen-bond acceptors (Lipinski definition) is 5. The molecule has 128 valence electrons. The van der Waals surface area contributed by atoms with E-state index in [1.807, 2.05) is 34.0 Å². The lowest BCUT2D eigenvalue weighted by atomic mass is 9.89. The largest absolute Gasteiger partial charge is 0.467 e. The number of likely N-dealkylation sites (tertiary alicyclic amines) is 1. The van der Waals surface area contributed by atoms with Crippen molar-refractivity contribution in [2.24, 2.45) is 7.05 Å². The van der Waals surface area contributed by atoms with Crippen LogP contribution in [0.15, 0.2) is 12.4 Å². The summed E-state index contributed by atoms with van der Waals surface area (Å²) in [5, 5.41) is 4.13. The van der Waals surface area contributed by atoms with Crippen molar-refractivity contribution in [1.82, 2.24) is 14.7 Å².